The van der Waals surface area contributed by atoms with Crippen LogP contribution >= 0.6 is 11.6 Å². The molecule has 0 saturated heterocycles. The number of rotatable bonds is 5. The summed E-state index contributed by atoms with van der Waals surface area (Å²) < 4.78 is 5.37. The van der Waals surface area contributed by atoms with Crippen LogP contribution in [0.2, 0.25) is 5.02 Å². The molecule has 0 heterocycles. The van der Waals surface area contributed by atoms with Gasteiger partial charge in [-0.15, -0.1) is 0 Å². The predicted octanol–water partition coefficient (Wildman–Crippen LogP) is 5.45. The monoisotopic (exact) mass is 315 g/mol. The van der Waals surface area contributed by atoms with Crippen LogP contribution < -0.4 is 10.1 Å². The number of anilines is 1. The fraction of sp³-hybridized carbons (Fsp3) is 0.368. The van der Waals surface area contributed by atoms with Crippen LogP contribution in [-0.2, 0) is 6.54 Å². The van der Waals surface area contributed by atoms with E-state index in [1.807, 2.05) is 6.07 Å². The van der Waals surface area contributed by atoms with Crippen molar-refractivity contribution in [3.63, 3.8) is 0 Å². The smallest absolute Gasteiger partial charge is 0.119 e. The fourth-order valence-electron chi connectivity index (χ4n) is 2.76. The molecule has 0 radical (unpaired) electrons. The van der Waals surface area contributed by atoms with Crippen molar-refractivity contribution in [2.75, 3.05) is 12.4 Å². The molecule has 116 valence electrons. The summed E-state index contributed by atoms with van der Waals surface area (Å²) in [6.07, 6.45) is 2.59. The van der Waals surface area contributed by atoms with E-state index in [1.165, 1.54) is 35.1 Å². The minimum Gasteiger partial charge on any atom is -0.497 e. The Bertz CT molecular complexity index is 692. The Morgan fingerprint density at radius 3 is 2.55 bits per heavy atom. The van der Waals surface area contributed by atoms with Gasteiger partial charge in [0.1, 0.15) is 5.75 Å². The Morgan fingerprint density at radius 2 is 1.86 bits per heavy atom. The van der Waals surface area contributed by atoms with Crippen molar-refractivity contribution in [1.29, 1.82) is 0 Å². The first-order valence-electron chi connectivity index (χ1n) is 7.76. The van der Waals surface area contributed by atoms with E-state index < -0.39 is 0 Å². The lowest BCUT2D eigenvalue weighted by molar-refractivity contribution is 0.414. The fourth-order valence-corrected chi connectivity index (χ4v) is 3.05. The van der Waals surface area contributed by atoms with Gasteiger partial charge in [0.05, 0.1) is 17.8 Å². The lowest BCUT2D eigenvalue weighted by Crippen LogP contribution is -2.04. The lowest BCUT2D eigenvalue weighted by Gasteiger charge is -2.15. The van der Waals surface area contributed by atoms with Crippen LogP contribution in [0.15, 0.2) is 30.3 Å². The summed E-state index contributed by atoms with van der Waals surface area (Å²) in [5.74, 6) is 1.63. The molecule has 0 bridgehead atoms. The summed E-state index contributed by atoms with van der Waals surface area (Å²) in [6, 6.07) is 10.5. The van der Waals surface area contributed by atoms with Crippen molar-refractivity contribution in [3.05, 3.63) is 57.6 Å². The SMILES string of the molecule is COc1ccc(C2CC2)c(CNc2cc(C)c(C)cc2Cl)c1. The number of nitrogens with one attached hydrogen (secondary N) is 1. The Morgan fingerprint density at radius 1 is 1.14 bits per heavy atom. The van der Waals surface area contributed by atoms with Crippen molar-refractivity contribution in [2.24, 2.45) is 0 Å². The molecule has 0 aliphatic heterocycles. The topological polar surface area (TPSA) is 21.3 Å². The molecule has 0 atom stereocenters. The second-order valence-electron chi connectivity index (χ2n) is 6.11. The normalized spacial score (nSPS) is 14.0. The van der Waals surface area contributed by atoms with Gasteiger partial charge >= 0.3 is 0 Å². The van der Waals surface area contributed by atoms with Crippen LogP contribution in [0.1, 0.15) is 41.0 Å². The van der Waals surface area contributed by atoms with Crippen LogP contribution in [0.5, 0.6) is 5.75 Å². The number of benzene rings is 2. The van der Waals surface area contributed by atoms with E-state index in [0.29, 0.717) is 0 Å². The molecule has 1 aliphatic carbocycles. The van der Waals surface area contributed by atoms with Gasteiger partial charge in [0, 0.05) is 6.54 Å². The zero-order valence-corrected chi connectivity index (χ0v) is 14.1. The zero-order chi connectivity index (χ0) is 15.7. The Kier molecular flexibility index (Phi) is 4.30. The highest BCUT2D eigenvalue weighted by Crippen LogP contribution is 2.42. The van der Waals surface area contributed by atoms with Gasteiger partial charge in [-0.25, -0.2) is 0 Å². The van der Waals surface area contributed by atoms with Crippen molar-refractivity contribution in [1.82, 2.24) is 0 Å². The third-order valence-electron chi connectivity index (χ3n) is 4.42. The zero-order valence-electron chi connectivity index (χ0n) is 13.4. The standard InChI is InChI=1S/C19H22ClNO/c1-12-8-18(20)19(9-13(12)2)21-11-15-10-16(22-3)6-7-17(15)14-4-5-14/h6-10,14,21H,4-5,11H2,1-3H3. The van der Waals surface area contributed by atoms with Gasteiger partial charge in [0.2, 0.25) is 0 Å². The van der Waals surface area contributed by atoms with E-state index in [0.717, 1.165) is 28.9 Å². The molecule has 0 amide bonds. The summed E-state index contributed by atoms with van der Waals surface area (Å²) in [6.45, 7) is 4.96. The summed E-state index contributed by atoms with van der Waals surface area (Å²) in [4.78, 5) is 0. The van der Waals surface area contributed by atoms with Crippen LogP contribution in [0.25, 0.3) is 0 Å². The largest absolute Gasteiger partial charge is 0.497 e. The third-order valence-corrected chi connectivity index (χ3v) is 4.73. The van der Waals surface area contributed by atoms with Crippen molar-refractivity contribution < 1.29 is 4.74 Å². The Balaban J connectivity index is 1.82. The van der Waals surface area contributed by atoms with Gasteiger partial charge in [-0.1, -0.05) is 17.7 Å². The molecule has 2 aromatic rings. The van der Waals surface area contributed by atoms with Gasteiger partial charge in [-0.05, 0) is 79.1 Å². The van der Waals surface area contributed by atoms with Crippen molar-refractivity contribution in [2.45, 2.75) is 39.2 Å². The molecule has 2 aromatic carbocycles. The average Bonchev–Trinajstić information content (AvgIpc) is 3.34. The molecular formula is C19H22ClNO. The first-order chi connectivity index (χ1) is 10.6. The molecule has 0 spiro atoms. The summed E-state index contributed by atoms with van der Waals surface area (Å²) in [5.41, 5.74) is 6.20. The molecule has 1 aliphatic rings. The third kappa shape index (κ3) is 3.22. The highest BCUT2D eigenvalue weighted by Gasteiger charge is 2.26. The maximum absolute atomic E-state index is 6.35. The number of hydrogen-bond acceptors (Lipinski definition) is 2. The molecule has 2 nitrogen and oxygen atoms in total. The van der Waals surface area contributed by atoms with Crippen LogP contribution in [0, 0.1) is 13.8 Å². The Hall–Kier alpha value is -1.67. The van der Waals surface area contributed by atoms with E-state index in [2.05, 4.69) is 43.4 Å². The van der Waals surface area contributed by atoms with E-state index in [-0.39, 0.29) is 0 Å². The molecule has 1 N–H and O–H groups in total. The van der Waals surface area contributed by atoms with Gasteiger partial charge in [0.25, 0.3) is 0 Å². The summed E-state index contributed by atoms with van der Waals surface area (Å²) in [7, 11) is 1.71. The van der Waals surface area contributed by atoms with Crippen LogP contribution in [-0.4, -0.2) is 7.11 Å². The minimum absolute atomic E-state index is 0.720. The number of aryl methyl sites for hydroxylation is 2. The average molecular weight is 316 g/mol. The predicted molar refractivity (Wildman–Crippen MR) is 93.2 cm³/mol. The van der Waals surface area contributed by atoms with Gasteiger partial charge < -0.3 is 10.1 Å². The molecular weight excluding hydrogens is 294 g/mol. The second-order valence-corrected chi connectivity index (χ2v) is 6.52. The van der Waals surface area contributed by atoms with Crippen molar-refractivity contribution in [3.8, 4) is 5.75 Å². The number of methoxy groups -OCH3 is 1. The maximum Gasteiger partial charge on any atom is 0.119 e. The van der Waals surface area contributed by atoms with Crippen LogP contribution in [0.3, 0.4) is 0 Å². The maximum atomic E-state index is 6.35. The Labute approximate surface area is 137 Å². The lowest BCUT2D eigenvalue weighted by atomic mass is 10.0. The quantitative estimate of drug-likeness (QED) is 0.791. The van der Waals surface area contributed by atoms with Crippen LogP contribution in [0.4, 0.5) is 5.69 Å². The van der Waals surface area contributed by atoms with Gasteiger partial charge in [-0.3, -0.25) is 0 Å². The molecule has 1 fully saturated rings. The molecule has 0 unspecified atom stereocenters. The summed E-state index contributed by atoms with van der Waals surface area (Å²) in [5, 5.41) is 4.26. The molecule has 3 heteroatoms. The molecule has 3 rings (SSSR count). The first-order valence-corrected chi connectivity index (χ1v) is 8.13. The molecule has 1 saturated carbocycles. The first kappa shape index (κ1) is 15.2. The highest BCUT2D eigenvalue weighted by atomic mass is 35.5. The number of ether oxygens (including phenoxy) is 1. The van der Waals surface area contributed by atoms with Crippen molar-refractivity contribution >= 4 is 17.3 Å². The van der Waals surface area contributed by atoms with E-state index in [9.17, 15) is 0 Å². The van der Waals surface area contributed by atoms with Gasteiger partial charge in [-0.2, -0.15) is 0 Å². The number of halogens is 1. The van der Waals surface area contributed by atoms with E-state index >= 15 is 0 Å². The van der Waals surface area contributed by atoms with Gasteiger partial charge in [0.15, 0.2) is 0 Å². The van der Waals surface area contributed by atoms with E-state index in [4.69, 9.17) is 16.3 Å². The van der Waals surface area contributed by atoms with E-state index in [1.54, 1.807) is 7.11 Å². The molecule has 22 heavy (non-hydrogen) atoms. The minimum atomic E-state index is 0.720. The molecule has 0 aromatic heterocycles. The summed E-state index contributed by atoms with van der Waals surface area (Å²) >= 11 is 6.35. The second kappa shape index (κ2) is 6.21. The number of hydrogen-bond donors (Lipinski definition) is 1. The highest BCUT2D eigenvalue weighted by molar-refractivity contribution is 6.33.